The van der Waals surface area contributed by atoms with Crippen LogP contribution in [-0.2, 0) is 9.57 Å². The molecule has 2 aromatic carbocycles. The minimum atomic E-state index is -1.28. The van der Waals surface area contributed by atoms with Crippen LogP contribution in [0.25, 0.3) is 0 Å². The summed E-state index contributed by atoms with van der Waals surface area (Å²) in [5.74, 6) is -0.533. The maximum absolute atomic E-state index is 15.2. The molecule has 3 nitrogen and oxygen atoms in total. The lowest BCUT2D eigenvalue weighted by molar-refractivity contribution is -0.167. The molecule has 3 rings (SSSR count). The smallest absolute Gasteiger partial charge is 0.236 e. The molecule has 22 heavy (non-hydrogen) atoms. The van der Waals surface area contributed by atoms with Gasteiger partial charge in [-0.05, 0) is 12.5 Å². The third kappa shape index (κ3) is 2.88. The van der Waals surface area contributed by atoms with Gasteiger partial charge in [0.15, 0.2) is 6.17 Å². The van der Waals surface area contributed by atoms with Crippen molar-refractivity contribution in [3.8, 4) is 0 Å². The molecular formula is C18H18FNO2. The molecule has 0 saturated heterocycles. The summed E-state index contributed by atoms with van der Waals surface area (Å²) in [6.45, 7) is 2.30. The lowest BCUT2D eigenvalue weighted by Gasteiger charge is -2.32. The van der Waals surface area contributed by atoms with Crippen molar-refractivity contribution >= 4 is 5.71 Å². The van der Waals surface area contributed by atoms with Crippen LogP contribution in [0.15, 0.2) is 65.8 Å². The number of nitrogens with zero attached hydrogens (tertiary/aromatic N) is 1. The van der Waals surface area contributed by atoms with E-state index in [2.05, 4.69) is 5.16 Å². The molecule has 0 unspecified atom stereocenters. The van der Waals surface area contributed by atoms with E-state index >= 15 is 4.39 Å². The Morgan fingerprint density at radius 2 is 1.68 bits per heavy atom. The van der Waals surface area contributed by atoms with Crippen LogP contribution in [0.3, 0.4) is 0 Å². The molecule has 0 saturated carbocycles. The molecule has 0 aliphatic carbocycles. The molecular weight excluding hydrogens is 281 g/mol. The maximum Gasteiger partial charge on any atom is 0.236 e. The van der Waals surface area contributed by atoms with Gasteiger partial charge in [0, 0.05) is 12.2 Å². The zero-order valence-corrected chi connectivity index (χ0v) is 12.4. The van der Waals surface area contributed by atoms with Gasteiger partial charge in [-0.1, -0.05) is 65.8 Å². The summed E-state index contributed by atoms with van der Waals surface area (Å²) in [5, 5.41) is 3.97. The monoisotopic (exact) mass is 299 g/mol. The third-order valence-electron chi connectivity index (χ3n) is 3.71. The molecule has 114 valence electrons. The van der Waals surface area contributed by atoms with E-state index in [9.17, 15) is 0 Å². The van der Waals surface area contributed by atoms with E-state index in [-0.39, 0.29) is 0 Å². The summed E-state index contributed by atoms with van der Waals surface area (Å²) in [6.07, 6.45) is -2.00. The van der Waals surface area contributed by atoms with Gasteiger partial charge in [0.2, 0.25) is 6.29 Å². The first-order chi connectivity index (χ1) is 10.8. The molecule has 0 N–H and O–H groups in total. The minimum Gasteiger partial charge on any atom is -0.362 e. The largest absolute Gasteiger partial charge is 0.362 e. The van der Waals surface area contributed by atoms with Crippen molar-refractivity contribution in [1.82, 2.24) is 0 Å². The SMILES string of the molecule is CCO[C@@H]1ON=C(c2ccccc2)[C@H](F)[C@H]1c1ccccc1. The Hall–Kier alpha value is -2.20. The Morgan fingerprint density at radius 1 is 1.05 bits per heavy atom. The van der Waals surface area contributed by atoms with Crippen molar-refractivity contribution < 1.29 is 14.0 Å². The first-order valence-electron chi connectivity index (χ1n) is 7.41. The van der Waals surface area contributed by atoms with Gasteiger partial charge < -0.3 is 9.57 Å². The molecule has 1 aliphatic rings. The predicted molar refractivity (Wildman–Crippen MR) is 83.6 cm³/mol. The molecule has 1 heterocycles. The molecule has 0 fully saturated rings. The summed E-state index contributed by atoms with van der Waals surface area (Å²) in [4.78, 5) is 5.45. The zero-order valence-electron chi connectivity index (χ0n) is 12.4. The fraction of sp³-hybridized carbons (Fsp3) is 0.278. The van der Waals surface area contributed by atoms with Crippen molar-refractivity contribution in [2.24, 2.45) is 5.16 Å². The summed E-state index contributed by atoms with van der Waals surface area (Å²) in [5.41, 5.74) is 1.88. The fourth-order valence-electron chi connectivity index (χ4n) is 2.65. The van der Waals surface area contributed by atoms with Gasteiger partial charge in [0.25, 0.3) is 0 Å². The Balaban J connectivity index is 1.97. The molecule has 0 aromatic heterocycles. The van der Waals surface area contributed by atoms with Gasteiger partial charge in [0.05, 0.1) is 5.92 Å². The average Bonchev–Trinajstić information content (AvgIpc) is 2.57. The van der Waals surface area contributed by atoms with Gasteiger partial charge in [-0.15, -0.1) is 0 Å². The number of oxime groups is 1. The second-order valence-electron chi connectivity index (χ2n) is 5.11. The molecule has 0 amide bonds. The van der Waals surface area contributed by atoms with Gasteiger partial charge in [0.1, 0.15) is 5.71 Å². The summed E-state index contributed by atoms with van der Waals surface area (Å²) < 4.78 is 20.7. The van der Waals surface area contributed by atoms with Crippen LogP contribution in [0, 0.1) is 0 Å². The molecule has 0 radical (unpaired) electrons. The van der Waals surface area contributed by atoms with Crippen LogP contribution in [0.5, 0.6) is 0 Å². The number of halogens is 1. The van der Waals surface area contributed by atoms with E-state index in [0.717, 1.165) is 11.1 Å². The Labute approximate surface area is 129 Å². The standard InChI is InChI=1S/C18H18FNO2/c1-2-21-18-15(13-9-5-3-6-10-13)16(19)17(20-22-18)14-11-7-4-8-12-14/h3-12,15-16,18H,2H2,1H3/t15-,16-,18-/m1/s1. The highest BCUT2D eigenvalue weighted by atomic mass is 19.1. The van der Waals surface area contributed by atoms with E-state index in [1.807, 2.05) is 67.6 Å². The number of hydrogen-bond donors (Lipinski definition) is 0. The van der Waals surface area contributed by atoms with Crippen LogP contribution in [-0.4, -0.2) is 24.8 Å². The Bertz CT molecular complexity index is 630. The van der Waals surface area contributed by atoms with Crippen LogP contribution in [0.2, 0.25) is 0 Å². The highest BCUT2D eigenvalue weighted by Crippen LogP contribution is 2.34. The van der Waals surface area contributed by atoms with Gasteiger partial charge >= 0.3 is 0 Å². The Kier molecular flexibility index (Phi) is 4.49. The maximum atomic E-state index is 15.2. The summed E-state index contributed by atoms with van der Waals surface area (Å²) in [7, 11) is 0. The number of benzene rings is 2. The zero-order chi connectivity index (χ0) is 15.4. The average molecular weight is 299 g/mol. The second-order valence-corrected chi connectivity index (χ2v) is 5.11. The van der Waals surface area contributed by atoms with Crippen molar-refractivity contribution in [1.29, 1.82) is 0 Å². The van der Waals surface area contributed by atoms with Crippen LogP contribution in [0.1, 0.15) is 24.0 Å². The van der Waals surface area contributed by atoms with Crippen molar-refractivity contribution in [2.45, 2.75) is 25.3 Å². The lowest BCUT2D eigenvalue weighted by atomic mass is 9.88. The number of hydrogen-bond acceptors (Lipinski definition) is 3. The van der Waals surface area contributed by atoms with E-state index in [1.165, 1.54) is 0 Å². The molecule has 3 atom stereocenters. The second kappa shape index (κ2) is 6.71. The van der Waals surface area contributed by atoms with Crippen LogP contribution < -0.4 is 0 Å². The van der Waals surface area contributed by atoms with Gasteiger partial charge in [-0.3, -0.25) is 0 Å². The number of rotatable bonds is 4. The van der Waals surface area contributed by atoms with Gasteiger partial charge in [-0.25, -0.2) is 4.39 Å². The Morgan fingerprint density at radius 3 is 2.32 bits per heavy atom. The summed E-state index contributed by atoms with van der Waals surface area (Å²) >= 11 is 0. The van der Waals surface area contributed by atoms with Gasteiger partial charge in [-0.2, -0.15) is 0 Å². The fourth-order valence-corrected chi connectivity index (χ4v) is 2.65. The van der Waals surface area contributed by atoms with E-state index in [0.29, 0.717) is 12.3 Å². The lowest BCUT2D eigenvalue weighted by Crippen LogP contribution is -2.40. The minimum absolute atomic E-state index is 0.311. The van der Waals surface area contributed by atoms with Crippen LogP contribution in [0.4, 0.5) is 4.39 Å². The molecule has 1 aliphatic heterocycles. The van der Waals surface area contributed by atoms with E-state index in [1.54, 1.807) is 0 Å². The normalized spacial score (nSPS) is 24.5. The third-order valence-corrected chi connectivity index (χ3v) is 3.71. The molecule has 4 heteroatoms. The van der Waals surface area contributed by atoms with E-state index < -0.39 is 18.4 Å². The summed E-state index contributed by atoms with van der Waals surface area (Å²) in [6, 6.07) is 18.7. The molecule has 0 bridgehead atoms. The first kappa shape index (κ1) is 14.7. The topological polar surface area (TPSA) is 30.8 Å². The van der Waals surface area contributed by atoms with Crippen molar-refractivity contribution in [2.75, 3.05) is 6.61 Å². The number of alkyl halides is 1. The van der Waals surface area contributed by atoms with Crippen molar-refractivity contribution in [3.63, 3.8) is 0 Å². The van der Waals surface area contributed by atoms with Crippen LogP contribution >= 0.6 is 0 Å². The molecule has 0 spiro atoms. The predicted octanol–water partition coefficient (Wildman–Crippen LogP) is 3.91. The number of ether oxygens (including phenoxy) is 1. The quantitative estimate of drug-likeness (QED) is 0.857. The van der Waals surface area contributed by atoms with E-state index in [4.69, 9.17) is 9.57 Å². The highest BCUT2D eigenvalue weighted by Gasteiger charge is 2.40. The highest BCUT2D eigenvalue weighted by molar-refractivity contribution is 6.04. The van der Waals surface area contributed by atoms with Crippen molar-refractivity contribution in [3.05, 3.63) is 71.8 Å². The molecule has 2 aromatic rings. The first-order valence-corrected chi connectivity index (χ1v) is 7.41.